The second-order valence-corrected chi connectivity index (χ2v) is 3.79. The molecular formula is C11H9F3N4O. The van der Waals surface area contributed by atoms with E-state index in [1.165, 1.54) is 6.07 Å². The summed E-state index contributed by atoms with van der Waals surface area (Å²) < 4.78 is 37.6. The van der Waals surface area contributed by atoms with Crippen LogP contribution in [0.15, 0.2) is 24.4 Å². The summed E-state index contributed by atoms with van der Waals surface area (Å²) in [6.45, 7) is 0. The van der Waals surface area contributed by atoms with Gasteiger partial charge in [0.15, 0.2) is 0 Å². The van der Waals surface area contributed by atoms with Gasteiger partial charge in [0, 0.05) is 11.6 Å². The van der Waals surface area contributed by atoms with Gasteiger partial charge in [-0.15, -0.1) is 0 Å². The van der Waals surface area contributed by atoms with Crippen molar-refractivity contribution in [3.8, 4) is 0 Å². The van der Waals surface area contributed by atoms with Gasteiger partial charge in [0.1, 0.15) is 0 Å². The van der Waals surface area contributed by atoms with Crippen molar-refractivity contribution >= 4 is 22.5 Å². The van der Waals surface area contributed by atoms with Gasteiger partial charge < -0.3 is 5.73 Å². The third-order valence-electron chi connectivity index (χ3n) is 2.61. The van der Waals surface area contributed by atoms with E-state index in [-0.39, 0.29) is 22.2 Å². The number of carbonyl (C=O) groups is 1. The fourth-order valence-corrected chi connectivity index (χ4v) is 1.65. The Hall–Kier alpha value is -2.35. The van der Waals surface area contributed by atoms with Crippen LogP contribution in [0.3, 0.4) is 0 Å². The average molecular weight is 270 g/mol. The number of nitrogen functional groups attached to an aromatic ring is 2. The number of hydrazine groups is 1. The van der Waals surface area contributed by atoms with Gasteiger partial charge in [-0.1, -0.05) is 6.07 Å². The van der Waals surface area contributed by atoms with Gasteiger partial charge in [-0.25, -0.2) is 5.84 Å². The quantitative estimate of drug-likeness (QED) is 0.415. The standard InChI is InChI=1S/C11H9F3N4O/c12-11(13,14)5-1-2-6-8(3-5)17-4-7(9(6)15)10(19)18-16/h1-4H,16H2,(H2,15,17)(H,18,19). The van der Waals surface area contributed by atoms with Gasteiger partial charge in [-0.05, 0) is 12.1 Å². The highest BCUT2D eigenvalue weighted by molar-refractivity contribution is 6.06. The van der Waals surface area contributed by atoms with Gasteiger partial charge in [-0.3, -0.25) is 15.2 Å². The highest BCUT2D eigenvalue weighted by Gasteiger charge is 2.30. The summed E-state index contributed by atoms with van der Waals surface area (Å²) in [5.74, 6) is 4.31. The lowest BCUT2D eigenvalue weighted by Gasteiger charge is -2.10. The lowest BCUT2D eigenvalue weighted by atomic mass is 10.1. The molecule has 100 valence electrons. The summed E-state index contributed by atoms with van der Waals surface area (Å²) in [4.78, 5) is 15.2. The Morgan fingerprint density at radius 2 is 2.00 bits per heavy atom. The predicted molar refractivity (Wildman–Crippen MR) is 62.8 cm³/mol. The number of halogens is 3. The molecule has 1 amide bonds. The molecular weight excluding hydrogens is 261 g/mol. The second-order valence-electron chi connectivity index (χ2n) is 3.79. The number of carbonyl (C=O) groups excluding carboxylic acids is 1. The van der Waals surface area contributed by atoms with Crippen molar-refractivity contribution in [1.82, 2.24) is 10.4 Å². The highest BCUT2D eigenvalue weighted by atomic mass is 19.4. The monoisotopic (exact) mass is 270 g/mol. The number of aromatic nitrogens is 1. The smallest absolute Gasteiger partial charge is 0.397 e. The fourth-order valence-electron chi connectivity index (χ4n) is 1.65. The molecule has 2 aromatic rings. The summed E-state index contributed by atoms with van der Waals surface area (Å²) in [6, 6.07) is 2.92. The Morgan fingerprint density at radius 3 is 2.58 bits per heavy atom. The Morgan fingerprint density at radius 1 is 1.32 bits per heavy atom. The molecule has 0 fully saturated rings. The van der Waals surface area contributed by atoms with E-state index in [0.717, 1.165) is 18.3 Å². The molecule has 0 aliphatic carbocycles. The molecule has 0 bridgehead atoms. The molecule has 0 spiro atoms. The van der Waals surface area contributed by atoms with E-state index in [1.807, 2.05) is 5.43 Å². The van der Waals surface area contributed by atoms with Crippen LogP contribution in [0.1, 0.15) is 15.9 Å². The fraction of sp³-hybridized carbons (Fsp3) is 0.0909. The summed E-state index contributed by atoms with van der Waals surface area (Å²) >= 11 is 0. The predicted octanol–water partition coefficient (Wildman–Crippen LogP) is 1.44. The number of hydrogen-bond acceptors (Lipinski definition) is 4. The van der Waals surface area contributed by atoms with Crippen LogP contribution in [0.5, 0.6) is 0 Å². The summed E-state index contributed by atoms with van der Waals surface area (Å²) in [6.07, 6.45) is -3.38. The molecule has 0 aliphatic heterocycles. The van der Waals surface area contributed by atoms with Crippen molar-refractivity contribution in [1.29, 1.82) is 0 Å². The average Bonchev–Trinajstić information content (AvgIpc) is 2.37. The van der Waals surface area contributed by atoms with Crippen molar-refractivity contribution in [3.63, 3.8) is 0 Å². The topological polar surface area (TPSA) is 94.0 Å². The molecule has 19 heavy (non-hydrogen) atoms. The van der Waals surface area contributed by atoms with Crippen molar-refractivity contribution in [2.75, 3.05) is 5.73 Å². The maximum absolute atomic E-state index is 12.5. The van der Waals surface area contributed by atoms with E-state index in [2.05, 4.69) is 4.98 Å². The number of rotatable bonds is 1. The zero-order valence-corrected chi connectivity index (χ0v) is 9.45. The third-order valence-corrected chi connectivity index (χ3v) is 2.61. The largest absolute Gasteiger partial charge is 0.416 e. The molecule has 0 unspecified atom stereocenters. The molecule has 0 aliphatic rings. The van der Waals surface area contributed by atoms with Crippen LogP contribution in [0, 0.1) is 0 Å². The van der Waals surface area contributed by atoms with Gasteiger partial charge in [0.05, 0.1) is 22.3 Å². The van der Waals surface area contributed by atoms with Crippen molar-refractivity contribution < 1.29 is 18.0 Å². The van der Waals surface area contributed by atoms with Crippen LogP contribution in [0.25, 0.3) is 10.9 Å². The molecule has 5 nitrogen and oxygen atoms in total. The molecule has 0 radical (unpaired) electrons. The van der Waals surface area contributed by atoms with Gasteiger partial charge in [0.2, 0.25) is 0 Å². The van der Waals surface area contributed by atoms with Crippen LogP contribution in [-0.2, 0) is 6.18 Å². The van der Waals surface area contributed by atoms with Crippen LogP contribution < -0.4 is 17.0 Å². The van der Waals surface area contributed by atoms with Crippen LogP contribution in [0.4, 0.5) is 18.9 Å². The number of nitrogens with zero attached hydrogens (tertiary/aromatic N) is 1. The second kappa shape index (κ2) is 4.39. The number of amides is 1. The molecule has 1 aromatic carbocycles. The van der Waals surface area contributed by atoms with E-state index in [4.69, 9.17) is 11.6 Å². The summed E-state index contributed by atoms with van der Waals surface area (Å²) in [7, 11) is 0. The Kier molecular flexibility index (Phi) is 3.03. The van der Waals surface area contributed by atoms with Crippen LogP contribution >= 0.6 is 0 Å². The van der Waals surface area contributed by atoms with E-state index >= 15 is 0 Å². The first-order valence-corrected chi connectivity index (χ1v) is 5.11. The minimum atomic E-state index is -4.46. The van der Waals surface area contributed by atoms with E-state index in [1.54, 1.807) is 0 Å². The van der Waals surface area contributed by atoms with Crippen LogP contribution in [0.2, 0.25) is 0 Å². The number of nitrogens with two attached hydrogens (primary N) is 2. The lowest BCUT2D eigenvalue weighted by Crippen LogP contribution is -2.30. The number of nitrogens with one attached hydrogen (secondary N) is 1. The molecule has 5 N–H and O–H groups in total. The number of alkyl halides is 3. The lowest BCUT2D eigenvalue weighted by molar-refractivity contribution is -0.137. The third kappa shape index (κ3) is 2.29. The Bertz CT molecular complexity index is 654. The van der Waals surface area contributed by atoms with Crippen LogP contribution in [-0.4, -0.2) is 10.9 Å². The minimum absolute atomic E-state index is 0.00904. The Labute approximate surface area is 105 Å². The Balaban J connectivity index is 2.63. The van der Waals surface area contributed by atoms with Crippen molar-refractivity contribution in [2.24, 2.45) is 5.84 Å². The number of fused-ring (bicyclic) bond motifs is 1. The van der Waals surface area contributed by atoms with Crippen molar-refractivity contribution in [2.45, 2.75) is 6.18 Å². The summed E-state index contributed by atoms with van der Waals surface area (Å²) in [5, 5.41) is 0.258. The normalized spacial score (nSPS) is 11.6. The van der Waals surface area contributed by atoms with Gasteiger partial charge in [-0.2, -0.15) is 13.2 Å². The molecule has 0 saturated carbocycles. The first-order valence-electron chi connectivity index (χ1n) is 5.11. The zero-order valence-electron chi connectivity index (χ0n) is 9.45. The molecule has 0 saturated heterocycles. The highest BCUT2D eigenvalue weighted by Crippen LogP contribution is 2.32. The molecule has 2 rings (SSSR count). The molecule has 1 aromatic heterocycles. The summed E-state index contributed by atoms with van der Waals surface area (Å²) in [5.41, 5.74) is 6.86. The van der Waals surface area contributed by atoms with Crippen molar-refractivity contribution in [3.05, 3.63) is 35.5 Å². The number of anilines is 1. The number of benzene rings is 1. The molecule has 8 heteroatoms. The van der Waals surface area contributed by atoms with E-state index < -0.39 is 17.6 Å². The number of pyridine rings is 1. The number of hydrogen-bond donors (Lipinski definition) is 3. The maximum Gasteiger partial charge on any atom is 0.416 e. The van der Waals surface area contributed by atoms with E-state index in [9.17, 15) is 18.0 Å². The van der Waals surface area contributed by atoms with Gasteiger partial charge >= 0.3 is 6.18 Å². The first kappa shape index (κ1) is 13.1. The SMILES string of the molecule is NNC(=O)c1cnc2cc(C(F)(F)F)ccc2c1N. The minimum Gasteiger partial charge on any atom is -0.397 e. The molecule has 0 atom stereocenters. The van der Waals surface area contributed by atoms with E-state index in [0.29, 0.717) is 0 Å². The zero-order chi connectivity index (χ0) is 14.2. The first-order chi connectivity index (χ1) is 8.84. The molecule has 1 heterocycles. The van der Waals surface area contributed by atoms with Gasteiger partial charge in [0.25, 0.3) is 5.91 Å². The maximum atomic E-state index is 12.5.